The fraction of sp³-hybridized carbons (Fsp3) is 0.571. The molecule has 0 amide bonds. The van der Waals surface area contributed by atoms with Gasteiger partial charge < -0.3 is 9.47 Å². The summed E-state index contributed by atoms with van der Waals surface area (Å²) in [7, 11) is 1.73. The summed E-state index contributed by atoms with van der Waals surface area (Å²) in [6.45, 7) is 5.23. The second-order valence-electron chi connectivity index (χ2n) is 4.86. The molecule has 0 spiro atoms. The number of ether oxygens (including phenoxy) is 2. The molecule has 0 aromatic heterocycles. The third-order valence-electron chi connectivity index (χ3n) is 3.44. The highest BCUT2D eigenvalue weighted by molar-refractivity contribution is 5.37. The third kappa shape index (κ3) is 2.38. The van der Waals surface area contributed by atoms with Crippen LogP contribution < -0.4 is 4.74 Å². The maximum atomic E-state index is 5.60. The molecule has 1 heterocycles. The van der Waals surface area contributed by atoms with Gasteiger partial charge in [0.25, 0.3) is 0 Å². The molecular weight excluding hydrogens is 200 g/mol. The molecule has 0 radical (unpaired) electrons. The van der Waals surface area contributed by atoms with Crippen molar-refractivity contribution in [3.8, 4) is 5.75 Å². The molecule has 1 aliphatic rings. The van der Waals surface area contributed by atoms with Crippen LogP contribution in [0.5, 0.6) is 5.75 Å². The molecule has 0 saturated carbocycles. The summed E-state index contributed by atoms with van der Waals surface area (Å²) in [5, 5.41) is 0. The van der Waals surface area contributed by atoms with Gasteiger partial charge in [-0.25, -0.2) is 0 Å². The Morgan fingerprint density at radius 2 is 2.19 bits per heavy atom. The van der Waals surface area contributed by atoms with Crippen LogP contribution in [0.25, 0.3) is 0 Å². The van der Waals surface area contributed by atoms with Gasteiger partial charge in [-0.15, -0.1) is 0 Å². The van der Waals surface area contributed by atoms with E-state index in [9.17, 15) is 0 Å². The molecule has 1 aromatic carbocycles. The highest BCUT2D eigenvalue weighted by atomic mass is 16.5. The Morgan fingerprint density at radius 3 is 2.75 bits per heavy atom. The summed E-state index contributed by atoms with van der Waals surface area (Å²) in [4.78, 5) is 0. The number of methoxy groups -OCH3 is 1. The van der Waals surface area contributed by atoms with E-state index in [4.69, 9.17) is 9.47 Å². The van der Waals surface area contributed by atoms with E-state index in [1.165, 1.54) is 17.5 Å². The summed E-state index contributed by atoms with van der Waals surface area (Å²) < 4.78 is 11.0. The van der Waals surface area contributed by atoms with E-state index in [1.807, 2.05) is 0 Å². The molecule has 0 N–H and O–H groups in total. The Bertz CT molecular complexity index is 367. The molecule has 1 aromatic rings. The maximum absolute atomic E-state index is 5.60. The van der Waals surface area contributed by atoms with Crippen LogP contribution in [0.3, 0.4) is 0 Å². The Balaban J connectivity index is 2.04. The van der Waals surface area contributed by atoms with Crippen LogP contribution in [0, 0.1) is 6.92 Å². The van der Waals surface area contributed by atoms with Crippen LogP contribution in [-0.2, 0) is 11.2 Å². The Morgan fingerprint density at radius 1 is 1.44 bits per heavy atom. The second kappa shape index (κ2) is 4.46. The largest absolute Gasteiger partial charge is 0.496 e. The van der Waals surface area contributed by atoms with Crippen molar-refractivity contribution >= 4 is 0 Å². The minimum absolute atomic E-state index is 0.106. The zero-order valence-corrected chi connectivity index (χ0v) is 10.4. The first-order valence-electron chi connectivity index (χ1n) is 5.90. The van der Waals surface area contributed by atoms with Crippen molar-refractivity contribution in [1.29, 1.82) is 0 Å². The van der Waals surface area contributed by atoms with E-state index in [1.54, 1.807) is 7.11 Å². The standard InChI is InChI=1S/C14H20O2/c1-11-4-5-13(15-3)12(10-11)6-7-14(2)8-9-16-14/h4-5,10H,6-9H2,1-3H3. The van der Waals surface area contributed by atoms with Gasteiger partial charge in [-0.3, -0.25) is 0 Å². The van der Waals surface area contributed by atoms with E-state index in [0.717, 1.165) is 25.2 Å². The van der Waals surface area contributed by atoms with Gasteiger partial charge in [0.1, 0.15) is 5.75 Å². The lowest BCUT2D eigenvalue weighted by molar-refractivity contribution is -0.137. The fourth-order valence-corrected chi connectivity index (χ4v) is 2.15. The molecule has 88 valence electrons. The van der Waals surface area contributed by atoms with Crippen LogP contribution >= 0.6 is 0 Å². The van der Waals surface area contributed by atoms with Gasteiger partial charge in [-0.1, -0.05) is 17.7 Å². The smallest absolute Gasteiger partial charge is 0.122 e. The average molecular weight is 220 g/mol. The van der Waals surface area contributed by atoms with Crippen LogP contribution in [0.4, 0.5) is 0 Å². The predicted octanol–water partition coefficient (Wildman–Crippen LogP) is 3.12. The van der Waals surface area contributed by atoms with Gasteiger partial charge in [0.05, 0.1) is 19.3 Å². The summed E-state index contributed by atoms with van der Waals surface area (Å²) in [5.41, 5.74) is 2.68. The molecule has 0 bridgehead atoms. The minimum Gasteiger partial charge on any atom is -0.496 e. The molecule has 1 unspecified atom stereocenters. The fourth-order valence-electron chi connectivity index (χ4n) is 2.15. The molecule has 2 rings (SSSR count). The van der Waals surface area contributed by atoms with E-state index in [0.29, 0.717) is 0 Å². The van der Waals surface area contributed by atoms with Crippen molar-refractivity contribution in [3.05, 3.63) is 29.3 Å². The SMILES string of the molecule is COc1ccc(C)cc1CCC1(C)CCO1. The maximum Gasteiger partial charge on any atom is 0.122 e. The number of hydrogen-bond donors (Lipinski definition) is 0. The lowest BCUT2D eigenvalue weighted by atomic mass is 9.89. The number of hydrogen-bond acceptors (Lipinski definition) is 2. The summed E-state index contributed by atoms with van der Waals surface area (Å²) in [5.74, 6) is 0.994. The molecule has 1 saturated heterocycles. The Hall–Kier alpha value is -1.02. The monoisotopic (exact) mass is 220 g/mol. The van der Waals surface area contributed by atoms with Crippen molar-refractivity contribution in [2.45, 2.75) is 38.7 Å². The van der Waals surface area contributed by atoms with E-state index in [2.05, 4.69) is 32.0 Å². The Kier molecular flexibility index (Phi) is 3.20. The molecule has 0 aliphatic carbocycles. The first kappa shape index (κ1) is 11.5. The topological polar surface area (TPSA) is 18.5 Å². The summed E-state index contributed by atoms with van der Waals surface area (Å²) in [6.07, 6.45) is 3.29. The first-order valence-corrected chi connectivity index (χ1v) is 5.90. The van der Waals surface area contributed by atoms with Crippen molar-refractivity contribution in [3.63, 3.8) is 0 Å². The number of benzene rings is 1. The zero-order valence-electron chi connectivity index (χ0n) is 10.4. The lowest BCUT2D eigenvalue weighted by Crippen LogP contribution is -2.40. The van der Waals surface area contributed by atoms with Gasteiger partial charge in [-0.05, 0) is 44.7 Å². The molecule has 16 heavy (non-hydrogen) atoms. The first-order chi connectivity index (χ1) is 7.63. The predicted molar refractivity (Wildman–Crippen MR) is 65.0 cm³/mol. The number of aryl methyl sites for hydroxylation is 2. The van der Waals surface area contributed by atoms with E-state index < -0.39 is 0 Å². The highest BCUT2D eigenvalue weighted by Gasteiger charge is 2.32. The second-order valence-corrected chi connectivity index (χ2v) is 4.86. The summed E-state index contributed by atoms with van der Waals surface area (Å²) >= 11 is 0. The quantitative estimate of drug-likeness (QED) is 0.776. The normalized spacial score (nSPS) is 23.9. The van der Waals surface area contributed by atoms with Gasteiger partial charge in [0, 0.05) is 0 Å². The van der Waals surface area contributed by atoms with Gasteiger partial charge >= 0.3 is 0 Å². The van der Waals surface area contributed by atoms with E-state index in [-0.39, 0.29) is 5.60 Å². The van der Waals surface area contributed by atoms with Crippen LogP contribution in [-0.4, -0.2) is 19.3 Å². The van der Waals surface area contributed by atoms with Crippen molar-refractivity contribution in [2.75, 3.05) is 13.7 Å². The van der Waals surface area contributed by atoms with Crippen LogP contribution in [0.2, 0.25) is 0 Å². The molecule has 2 nitrogen and oxygen atoms in total. The third-order valence-corrected chi connectivity index (χ3v) is 3.44. The van der Waals surface area contributed by atoms with Crippen molar-refractivity contribution in [1.82, 2.24) is 0 Å². The molecule has 2 heteroatoms. The average Bonchev–Trinajstić information content (AvgIpc) is 2.24. The number of rotatable bonds is 4. The Labute approximate surface area is 97.6 Å². The molecular formula is C14H20O2. The van der Waals surface area contributed by atoms with Gasteiger partial charge in [0.2, 0.25) is 0 Å². The lowest BCUT2D eigenvalue weighted by Gasteiger charge is -2.38. The van der Waals surface area contributed by atoms with Crippen LogP contribution in [0.15, 0.2) is 18.2 Å². The van der Waals surface area contributed by atoms with E-state index >= 15 is 0 Å². The minimum atomic E-state index is 0.106. The molecule has 1 aliphatic heterocycles. The highest BCUT2D eigenvalue weighted by Crippen LogP contribution is 2.32. The summed E-state index contributed by atoms with van der Waals surface area (Å²) in [6, 6.07) is 6.35. The van der Waals surface area contributed by atoms with Gasteiger partial charge in [0.15, 0.2) is 0 Å². The van der Waals surface area contributed by atoms with Crippen molar-refractivity contribution in [2.24, 2.45) is 0 Å². The van der Waals surface area contributed by atoms with Crippen LogP contribution in [0.1, 0.15) is 30.9 Å². The molecule has 1 fully saturated rings. The molecule has 1 atom stereocenters. The van der Waals surface area contributed by atoms with Crippen molar-refractivity contribution < 1.29 is 9.47 Å². The zero-order chi connectivity index (χ0) is 11.6. The van der Waals surface area contributed by atoms with Gasteiger partial charge in [-0.2, -0.15) is 0 Å².